The molecule has 0 radical (unpaired) electrons. The van der Waals surface area contributed by atoms with E-state index in [-0.39, 0.29) is 5.82 Å². The predicted octanol–water partition coefficient (Wildman–Crippen LogP) is 1.94. The van der Waals surface area contributed by atoms with Gasteiger partial charge in [0.25, 0.3) is 0 Å². The summed E-state index contributed by atoms with van der Waals surface area (Å²) in [5, 5.41) is 6.37. The molecule has 3 nitrogen and oxygen atoms in total. The Kier molecular flexibility index (Phi) is 6.07. The summed E-state index contributed by atoms with van der Waals surface area (Å²) < 4.78 is 12.9. The van der Waals surface area contributed by atoms with Gasteiger partial charge < -0.3 is 10.6 Å². The first kappa shape index (κ1) is 13.5. The van der Waals surface area contributed by atoms with Crippen LogP contribution in [0.15, 0.2) is 29.3 Å². The van der Waals surface area contributed by atoms with Gasteiger partial charge in [-0.05, 0) is 30.5 Å². The topological polar surface area (TPSA) is 36.4 Å². The average molecular weight is 237 g/mol. The third-order valence-corrected chi connectivity index (χ3v) is 2.36. The summed E-state index contributed by atoms with van der Waals surface area (Å²) in [6.45, 7) is 3.75. The SMILES string of the molecule is CCCNC(=NC)NCCc1cccc(F)c1. The lowest BCUT2D eigenvalue weighted by molar-refractivity contribution is 0.625. The molecule has 0 atom stereocenters. The van der Waals surface area contributed by atoms with Gasteiger partial charge in [-0.15, -0.1) is 0 Å². The molecule has 1 aromatic rings. The average Bonchev–Trinajstić information content (AvgIpc) is 2.33. The molecule has 0 fully saturated rings. The Morgan fingerprint density at radius 2 is 2.06 bits per heavy atom. The zero-order chi connectivity index (χ0) is 12.5. The highest BCUT2D eigenvalue weighted by Gasteiger charge is 1.97. The molecule has 0 saturated heterocycles. The standard InChI is InChI=1S/C13H20FN3/c1-3-8-16-13(15-2)17-9-7-11-5-4-6-12(14)10-11/h4-6,10H,3,7-9H2,1-2H3,(H2,15,16,17). The van der Waals surface area contributed by atoms with Crippen LogP contribution in [0.2, 0.25) is 0 Å². The lowest BCUT2D eigenvalue weighted by Crippen LogP contribution is -2.38. The van der Waals surface area contributed by atoms with E-state index in [1.54, 1.807) is 19.2 Å². The molecule has 17 heavy (non-hydrogen) atoms. The first-order valence-corrected chi connectivity index (χ1v) is 5.95. The molecule has 0 heterocycles. The van der Waals surface area contributed by atoms with Crippen molar-refractivity contribution in [1.29, 1.82) is 0 Å². The number of rotatable bonds is 5. The summed E-state index contributed by atoms with van der Waals surface area (Å²) in [6.07, 6.45) is 1.84. The summed E-state index contributed by atoms with van der Waals surface area (Å²) in [5.41, 5.74) is 0.989. The molecule has 0 aliphatic carbocycles. The monoisotopic (exact) mass is 237 g/mol. The van der Waals surface area contributed by atoms with E-state index in [0.29, 0.717) is 0 Å². The molecule has 94 valence electrons. The van der Waals surface area contributed by atoms with Gasteiger partial charge in [0.15, 0.2) is 5.96 Å². The Morgan fingerprint density at radius 3 is 2.71 bits per heavy atom. The van der Waals surface area contributed by atoms with Crippen molar-refractivity contribution in [3.05, 3.63) is 35.6 Å². The normalized spacial score (nSPS) is 11.4. The number of hydrogen-bond donors (Lipinski definition) is 2. The number of guanidine groups is 1. The van der Waals surface area contributed by atoms with E-state index in [9.17, 15) is 4.39 Å². The molecule has 0 amide bonds. The molecule has 0 bridgehead atoms. The van der Waals surface area contributed by atoms with E-state index in [1.165, 1.54) is 6.07 Å². The van der Waals surface area contributed by atoms with E-state index in [4.69, 9.17) is 0 Å². The minimum atomic E-state index is -0.184. The van der Waals surface area contributed by atoms with Gasteiger partial charge in [0.1, 0.15) is 5.82 Å². The first-order valence-electron chi connectivity index (χ1n) is 5.95. The zero-order valence-electron chi connectivity index (χ0n) is 10.5. The number of halogens is 1. The van der Waals surface area contributed by atoms with Gasteiger partial charge in [0, 0.05) is 20.1 Å². The van der Waals surface area contributed by atoms with Gasteiger partial charge in [0.2, 0.25) is 0 Å². The van der Waals surface area contributed by atoms with E-state index < -0.39 is 0 Å². The van der Waals surface area contributed by atoms with Crippen LogP contribution in [0.5, 0.6) is 0 Å². The third kappa shape index (κ3) is 5.33. The Hall–Kier alpha value is -1.58. The van der Waals surface area contributed by atoms with Crippen LogP contribution in [0.3, 0.4) is 0 Å². The van der Waals surface area contributed by atoms with E-state index in [0.717, 1.165) is 37.5 Å². The summed E-state index contributed by atoms with van der Waals surface area (Å²) in [6, 6.07) is 6.67. The van der Waals surface area contributed by atoms with E-state index in [2.05, 4.69) is 22.5 Å². The highest BCUT2D eigenvalue weighted by atomic mass is 19.1. The van der Waals surface area contributed by atoms with Crippen LogP contribution in [0, 0.1) is 5.82 Å². The molecule has 0 unspecified atom stereocenters. The fraction of sp³-hybridized carbons (Fsp3) is 0.462. The fourth-order valence-corrected chi connectivity index (χ4v) is 1.48. The smallest absolute Gasteiger partial charge is 0.190 e. The number of aliphatic imine (C=N–C) groups is 1. The van der Waals surface area contributed by atoms with Crippen molar-refractivity contribution in [2.75, 3.05) is 20.1 Å². The second-order valence-electron chi connectivity index (χ2n) is 3.81. The van der Waals surface area contributed by atoms with Crippen molar-refractivity contribution >= 4 is 5.96 Å². The Labute approximate surface area is 102 Å². The number of nitrogens with one attached hydrogen (secondary N) is 2. The van der Waals surface area contributed by atoms with Gasteiger partial charge in [-0.3, -0.25) is 4.99 Å². The van der Waals surface area contributed by atoms with Gasteiger partial charge >= 0.3 is 0 Å². The van der Waals surface area contributed by atoms with Crippen molar-refractivity contribution in [1.82, 2.24) is 10.6 Å². The lowest BCUT2D eigenvalue weighted by atomic mass is 10.1. The van der Waals surface area contributed by atoms with Crippen LogP contribution >= 0.6 is 0 Å². The number of hydrogen-bond acceptors (Lipinski definition) is 1. The van der Waals surface area contributed by atoms with Crippen LogP contribution in [-0.4, -0.2) is 26.1 Å². The van der Waals surface area contributed by atoms with Crippen LogP contribution in [0.25, 0.3) is 0 Å². The molecule has 0 saturated carbocycles. The lowest BCUT2D eigenvalue weighted by Gasteiger charge is -2.10. The van der Waals surface area contributed by atoms with Gasteiger partial charge in [-0.25, -0.2) is 4.39 Å². The van der Waals surface area contributed by atoms with Gasteiger partial charge in [-0.1, -0.05) is 19.1 Å². The molecule has 2 N–H and O–H groups in total. The summed E-state index contributed by atoms with van der Waals surface area (Å²) in [4.78, 5) is 4.09. The van der Waals surface area contributed by atoms with Crippen molar-refractivity contribution in [2.24, 2.45) is 4.99 Å². The molecule has 4 heteroatoms. The first-order chi connectivity index (χ1) is 8.26. The summed E-state index contributed by atoms with van der Waals surface area (Å²) >= 11 is 0. The van der Waals surface area contributed by atoms with Crippen LogP contribution in [-0.2, 0) is 6.42 Å². The maximum Gasteiger partial charge on any atom is 0.190 e. The van der Waals surface area contributed by atoms with Crippen LogP contribution in [0.1, 0.15) is 18.9 Å². The minimum Gasteiger partial charge on any atom is -0.356 e. The van der Waals surface area contributed by atoms with Crippen LogP contribution < -0.4 is 10.6 Å². The molecule has 1 rings (SSSR count). The summed E-state index contributed by atoms with van der Waals surface area (Å²) in [5.74, 6) is 0.610. The summed E-state index contributed by atoms with van der Waals surface area (Å²) in [7, 11) is 1.74. The highest BCUT2D eigenvalue weighted by molar-refractivity contribution is 5.79. The fourth-order valence-electron chi connectivity index (χ4n) is 1.48. The van der Waals surface area contributed by atoms with Gasteiger partial charge in [0.05, 0.1) is 0 Å². The maximum absolute atomic E-state index is 12.9. The molecular weight excluding hydrogens is 217 g/mol. The van der Waals surface area contributed by atoms with E-state index in [1.807, 2.05) is 6.07 Å². The second-order valence-corrected chi connectivity index (χ2v) is 3.81. The molecular formula is C13H20FN3. The second kappa shape index (κ2) is 7.65. The van der Waals surface area contributed by atoms with Gasteiger partial charge in [-0.2, -0.15) is 0 Å². The molecule has 0 aliphatic heterocycles. The quantitative estimate of drug-likeness (QED) is 0.606. The minimum absolute atomic E-state index is 0.184. The zero-order valence-corrected chi connectivity index (χ0v) is 10.5. The molecule has 1 aromatic carbocycles. The highest BCUT2D eigenvalue weighted by Crippen LogP contribution is 2.03. The predicted molar refractivity (Wildman–Crippen MR) is 69.8 cm³/mol. The Morgan fingerprint density at radius 1 is 1.29 bits per heavy atom. The van der Waals surface area contributed by atoms with Crippen molar-refractivity contribution < 1.29 is 4.39 Å². The molecule has 0 spiro atoms. The Bertz CT molecular complexity index is 363. The maximum atomic E-state index is 12.9. The number of benzene rings is 1. The largest absolute Gasteiger partial charge is 0.356 e. The van der Waals surface area contributed by atoms with Crippen molar-refractivity contribution in [3.8, 4) is 0 Å². The molecule has 0 aliphatic rings. The van der Waals surface area contributed by atoms with E-state index >= 15 is 0 Å². The van der Waals surface area contributed by atoms with Crippen molar-refractivity contribution in [3.63, 3.8) is 0 Å². The Balaban J connectivity index is 2.31. The van der Waals surface area contributed by atoms with Crippen LogP contribution in [0.4, 0.5) is 4.39 Å². The third-order valence-electron chi connectivity index (χ3n) is 2.36. The van der Waals surface area contributed by atoms with Crippen molar-refractivity contribution in [2.45, 2.75) is 19.8 Å². The molecule has 0 aromatic heterocycles. The number of nitrogens with zero attached hydrogens (tertiary/aromatic N) is 1.